The lowest BCUT2D eigenvalue weighted by Gasteiger charge is -2.31. The van der Waals surface area contributed by atoms with Crippen LogP contribution in [0.4, 0.5) is 0 Å². The Morgan fingerprint density at radius 2 is 1.96 bits per heavy atom. The van der Waals surface area contributed by atoms with E-state index in [4.69, 9.17) is 16.3 Å². The first-order valence-electron chi connectivity index (χ1n) is 7.97. The highest BCUT2D eigenvalue weighted by Gasteiger charge is 2.28. The van der Waals surface area contributed by atoms with Crippen LogP contribution in [0, 0.1) is 0 Å². The number of aliphatic imine (C=N–C) groups is 1. The molecule has 138 valence electrons. The van der Waals surface area contributed by atoms with Crippen molar-refractivity contribution < 1.29 is 24.5 Å². The largest absolute Gasteiger partial charge is 0.506 e. The van der Waals surface area contributed by atoms with Gasteiger partial charge in [0.15, 0.2) is 0 Å². The minimum Gasteiger partial charge on any atom is -0.506 e. The fourth-order valence-electron chi connectivity index (χ4n) is 2.77. The molecule has 1 aliphatic rings. The first kappa shape index (κ1) is 18.5. The van der Waals surface area contributed by atoms with Crippen LogP contribution in [0.3, 0.4) is 0 Å². The summed E-state index contributed by atoms with van der Waals surface area (Å²) in [6.07, 6.45) is 2.67. The molecule has 2 aromatic carbocycles. The quantitative estimate of drug-likeness (QED) is 0.581. The van der Waals surface area contributed by atoms with Crippen LogP contribution in [0.15, 0.2) is 53.7 Å². The Morgan fingerprint density at radius 3 is 2.63 bits per heavy atom. The van der Waals surface area contributed by atoms with Crippen LogP contribution in [0.5, 0.6) is 11.5 Å². The smallest absolute Gasteiger partial charge is 0.328 e. The molecular weight excluding hydrogens is 372 g/mol. The number of carboxylic acid groups (broad SMARTS) is 1. The Hall–Kier alpha value is -3.28. The van der Waals surface area contributed by atoms with Crippen LogP contribution < -0.4 is 4.74 Å². The van der Waals surface area contributed by atoms with Crippen LogP contribution in [-0.4, -0.2) is 39.7 Å². The van der Waals surface area contributed by atoms with Crippen molar-refractivity contribution in [2.24, 2.45) is 4.99 Å². The Kier molecular flexibility index (Phi) is 5.45. The van der Waals surface area contributed by atoms with Crippen molar-refractivity contribution >= 4 is 29.4 Å². The van der Waals surface area contributed by atoms with Crippen LogP contribution in [0.25, 0.3) is 5.76 Å². The van der Waals surface area contributed by atoms with Gasteiger partial charge in [0.25, 0.3) is 0 Å². The van der Waals surface area contributed by atoms with Crippen LogP contribution >= 0.6 is 11.6 Å². The molecule has 1 unspecified atom stereocenters. The summed E-state index contributed by atoms with van der Waals surface area (Å²) in [5.74, 6) is -0.107. The van der Waals surface area contributed by atoms with Crippen molar-refractivity contribution in [3.05, 3.63) is 64.8 Å². The zero-order valence-electron chi connectivity index (χ0n) is 14.0. The van der Waals surface area contributed by atoms with E-state index in [9.17, 15) is 19.8 Å². The molecule has 0 radical (unpaired) electrons. The van der Waals surface area contributed by atoms with E-state index < -0.39 is 12.0 Å². The van der Waals surface area contributed by atoms with E-state index in [1.165, 1.54) is 17.2 Å². The number of carbonyl (C=O) groups excluding carboxylic acids is 1. The maximum Gasteiger partial charge on any atom is 0.328 e. The molecule has 1 aliphatic heterocycles. The number of fused-ring (bicyclic) bond motifs is 1. The fraction of sp³-hybridized carbons (Fsp3) is 0.158. The Bertz CT molecular complexity index is 936. The second kappa shape index (κ2) is 7.95. The number of aliphatic hydroxyl groups is 1. The average molecular weight is 387 g/mol. The first-order chi connectivity index (χ1) is 13.0. The average Bonchev–Trinajstić information content (AvgIpc) is 2.63. The minimum atomic E-state index is -1.16. The summed E-state index contributed by atoms with van der Waals surface area (Å²) >= 11 is 5.86. The van der Waals surface area contributed by atoms with Crippen molar-refractivity contribution in [1.29, 1.82) is 0 Å². The summed E-state index contributed by atoms with van der Waals surface area (Å²) in [4.78, 5) is 26.6. The number of hydrogen-bond acceptors (Lipinski definition) is 6. The molecule has 2 aromatic rings. The van der Waals surface area contributed by atoms with Gasteiger partial charge in [0.05, 0.1) is 6.54 Å². The van der Waals surface area contributed by atoms with E-state index in [-0.39, 0.29) is 18.8 Å². The van der Waals surface area contributed by atoms with E-state index in [0.717, 1.165) is 0 Å². The van der Waals surface area contributed by atoms with Gasteiger partial charge in [0, 0.05) is 23.3 Å². The zero-order chi connectivity index (χ0) is 19.4. The van der Waals surface area contributed by atoms with Gasteiger partial charge >= 0.3 is 5.97 Å². The highest BCUT2D eigenvalue weighted by molar-refractivity contribution is 6.30. The second-order valence-electron chi connectivity index (χ2n) is 5.85. The number of halogens is 1. The number of aliphatic carboxylic acids is 1. The monoisotopic (exact) mass is 386 g/mol. The molecule has 0 amide bonds. The summed E-state index contributed by atoms with van der Waals surface area (Å²) in [7, 11) is 0. The summed E-state index contributed by atoms with van der Waals surface area (Å²) in [5, 5.41) is 20.2. The van der Waals surface area contributed by atoms with Gasteiger partial charge in [-0.2, -0.15) is 0 Å². The van der Waals surface area contributed by atoms with Gasteiger partial charge in [0.2, 0.25) is 6.08 Å². The van der Waals surface area contributed by atoms with Crippen molar-refractivity contribution in [1.82, 2.24) is 4.90 Å². The number of carbonyl (C=O) groups is 1. The van der Waals surface area contributed by atoms with E-state index in [1.807, 2.05) is 0 Å². The number of isocyanates is 1. The van der Waals surface area contributed by atoms with E-state index in [0.29, 0.717) is 27.6 Å². The lowest BCUT2D eigenvalue weighted by Crippen LogP contribution is -2.41. The molecule has 0 aliphatic carbocycles. The van der Waals surface area contributed by atoms with Gasteiger partial charge in [-0.1, -0.05) is 11.6 Å². The maximum absolute atomic E-state index is 11.5. The molecule has 1 atom stereocenters. The van der Waals surface area contributed by atoms with Gasteiger partial charge in [-0.15, -0.1) is 0 Å². The molecular formula is C19H15ClN2O5. The number of rotatable bonds is 6. The summed E-state index contributed by atoms with van der Waals surface area (Å²) < 4.78 is 5.78. The van der Waals surface area contributed by atoms with E-state index in [2.05, 4.69) is 4.99 Å². The van der Waals surface area contributed by atoms with Gasteiger partial charge in [-0.05, 0) is 48.0 Å². The number of carboxylic acids is 1. The molecule has 0 bridgehead atoms. The van der Waals surface area contributed by atoms with Gasteiger partial charge < -0.3 is 19.8 Å². The maximum atomic E-state index is 11.5. The second-order valence-corrected chi connectivity index (χ2v) is 6.28. The van der Waals surface area contributed by atoms with E-state index >= 15 is 0 Å². The fourth-order valence-corrected chi connectivity index (χ4v) is 2.90. The topological polar surface area (TPSA) is 99.4 Å². The molecule has 7 nitrogen and oxygen atoms in total. The normalized spacial score (nSPS) is 13.8. The molecule has 0 saturated carbocycles. The molecule has 3 rings (SSSR count). The predicted molar refractivity (Wildman–Crippen MR) is 98.5 cm³/mol. The molecule has 0 fully saturated rings. The zero-order valence-corrected chi connectivity index (χ0v) is 14.8. The number of aliphatic hydroxyl groups excluding tert-OH is 1. The molecule has 0 spiro atoms. The van der Waals surface area contributed by atoms with Crippen LogP contribution in [0.1, 0.15) is 11.1 Å². The summed E-state index contributed by atoms with van der Waals surface area (Å²) in [6, 6.07) is 10.9. The summed E-state index contributed by atoms with van der Waals surface area (Å²) in [5.41, 5.74) is 1.26. The van der Waals surface area contributed by atoms with E-state index in [1.54, 1.807) is 42.5 Å². The molecule has 0 saturated heterocycles. The summed E-state index contributed by atoms with van der Waals surface area (Å²) in [6.45, 7) is -0.0541. The third-order valence-electron chi connectivity index (χ3n) is 4.06. The van der Waals surface area contributed by atoms with Crippen molar-refractivity contribution in [2.75, 3.05) is 6.54 Å². The number of hydrogen-bond donors (Lipinski definition) is 2. The Morgan fingerprint density at radius 1 is 1.26 bits per heavy atom. The van der Waals surface area contributed by atoms with Gasteiger partial charge in [-0.25, -0.2) is 14.6 Å². The van der Waals surface area contributed by atoms with Gasteiger partial charge in [0.1, 0.15) is 23.3 Å². The molecule has 2 N–H and O–H groups in total. The Balaban J connectivity index is 1.86. The van der Waals surface area contributed by atoms with Crippen LogP contribution in [-0.2, 0) is 16.1 Å². The third-order valence-corrected chi connectivity index (χ3v) is 4.31. The third kappa shape index (κ3) is 4.28. The number of benzene rings is 2. The lowest BCUT2D eigenvalue weighted by atomic mass is 10.0. The number of nitrogens with zero attached hydrogens (tertiary/aromatic N) is 2. The standard InChI is InChI=1S/C19H15ClN2O5/c20-13-1-3-14(4-2-13)27-15-5-6-16-12(7-15)9-22(10-18(16)24)17(19(25)26)8-21-11-23/h1-7,10,17,24H,8-9H2,(H,25,26). The lowest BCUT2D eigenvalue weighted by molar-refractivity contribution is -0.142. The van der Waals surface area contributed by atoms with Crippen molar-refractivity contribution in [3.8, 4) is 11.5 Å². The van der Waals surface area contributed by atoms with Crippen molar-refractivity contribution in [2.45, 2.75) is 12.6 Å². The van der Waals surface area contributed by atoms with Crippen molar-refractivity contribution in [3.63, 3.8) is 0 Å². The first-order valence-corrected chi connectivity index (χ1v) is 8.35. The molecule has 1 heterocycles. The molecule has 27 heavy (non-hydrogen) atoms. The van der Waals surface area contributed by atoms with Crippen LogP contribution in [0.2, 0.25) is 5.02 Å². The predicted octanol–water partition coefficient (Wildman–Crippen LogP) is 3.59. The number of ether oxygens (including phenoxy) is 1. The minimum absolute atomic E-state index is 0.0735. The van der Waals surface area contributed by atoms with Gasteiger partial charge in [-0.3, -0.25) is 0 Å². The highest BCUT2D eigenvalue weighted by atomic mass is 35.5. The molecule has 0 aromatic heterocycles. The molecule has 8 heteroatoms. The highest BCUT2D eigenvalue weighted by Crippen LogP contribution is 2.31. The SMILES string of the molecule is O=C=NCC(C(=O)O)N1C=C(O)c2ccc(Oc3ccc(Cl)cc3)cc2C1. The Labute approximate surface area is 159 Å².